The Morgan fingerprint density at radius 1 is 0.971 bits per heavy atom. The number of fused-ring (bicyclic) bond motifs is 1. The second kappa shape index (κ2) is 8.86. The van der Waals surface area contributed by atoms with E-state index in [1.54, 1.807) is 12.3 Å². The Hall–Kier alpha value is -4.39. The zero-order valence-electron chi connectivity index (χ0n) is 18.7. The Morgan fingerprint density at radius 2 is 1.74 bits per heavy atom. The molecule has 0 fully saturated rings. The average molecular weight is 452 g/mol. The van der Waals surface area contributed by atoms with Gasteiger partial charge in [-0.2, -0.15) is 0 Å². The van der Waals surface area contributed by atoms with Crippen LogP contribution in [0.3, 0.4) is 0 Å². The van der Waals surface area contributed by atoms with Crippen LogP contribution in [0, 0.1) is 12.7 Å². The molecule has 6 nitrogen and oxygen atoms in total. The van der Waals surface area contributed by atoms with Crippen LogP contribution < -0.4 is 5.32 Å². The van der Waals surface area contributed by atoms with Crippen LogP contribution in [0.5, 0.6) is 0 Å². The molecule has 0 aliphatic rings. The van der Waals surface area contributed by atoms with E-state index in [-0.39, 0.29) is 5.91 Å². The molecule has 3 heterocycles. The molecule has 5 rings (SSSR count). The maximum atomic E-state index is 13.3. The van der Waals surface area contributed by atoms with E-state index in [0.29, 0.717) is 22.7 Å². The molecule has 34 heavy (non-hydrogen) atoms. The van der Waals surface area contributed by atoms with Gasteiger partial charge in [0.25, 0.3) is 5.91 Å². The van der Waals surface area contributed by atoms with Gasteiger partial charge >= 0.3 is 0 Å². The summed E-state index contributed by atoms with van der Waals surface area (Å²) in [6.07, 6.45) is 2.89. The van der Waals surface area contributed by atoms with Gasteiger partial charge in [-0.3, -0.25) is 14.2 Å². The summed E-state index contributed by atoms with van der Waals surface area (Å²) in [4.78, 5) is 17.4. The number of benzene rings is 2. The second-order valence-electron chi connectivity index (χ2n) is 8.19. The maximum Gasteiger partial charge on any atom is 0.253 e. The monoisotopic (exact) mass is 451 g/mol. The van der Waals surface area contributed by atoms with Gasteiger partial charge in [0.2, 0.25) is 0 Å². The summed E-state index contributed by atoms with van der Waals surface area (Å²) in [7, 11) is 0. The van der Waals surface area contributed by atoms with E-state index in [1.165, 1.54) is 6.07 Å². The third-order valence-corrected chi connectivity index (χ3v) is 5.70. The van der Waals surface area contributed by atoms with Crippen LogP contribution in [0.1, 0.15) is 34.6 Å². The second-order valence-corrected chi connectivity index (χ2v) is 8.19. The number of hydrogen-bond acceptors (Lipinski definition) is 4. The molecule has 0 radical (unpaired) electrons. The van der Waals surface area contributed by atoms with E-state index in [1.807, 2.05) is 78.9 Å². The van der Waals surface area contributed by atoms with Crippen molar-refractivity contribution in [2.45, 2.75) is 19.9 Å². The summed E-state index contributed by atoms with van der Waals surface area (Å²) in [5.41, 5.74) is 5.46. The summed E-state index contributed by atoms with van der Waals surface area (Å²) in [5.74, 6) is -0.0509. The SMILES string of the molecule is Cc1ccc(-c2cc(C(=O)NC(C)c3ccc(F)cn3)cn3c(-c4ccccc4)nnc23)cc1. The van der Waals surface area contributed by atoms with E-state index < -0.39 is 11.9 Å². The lowest BCUT2D eigenvalue weighted by atomic mass is 10.0. The quantitative estimate of drug-likeness (QED) is 0.389. The number of halogens is 1. The van der Waals surface area contributed by atoms with Gasteiger partial charge in [-0.25, -0.2) is 4.39 Å². The molecule has 7 heteroatoms. The third-order valence-electron chi connectivity index (χ3n) is 5.70. The van der Waals surface area contributed by atoms with Crippen molar-refractivity contribution in [1.82, 2.24) is 24.9 Å². The number of hydrogen-bond donors (Lipinski definition) is 1. The lowest BCUT2D eigenvalue weighted by Crippen LogP contribution is -2.27. The lowest BCUT2D eigenvalue weighted by Gasteiger charge is -2.15. The minimum absolute atomic E-state index is 0.276. The summed E-state index contributed by atoms with van der Waals surface area (Å²) in [6.45, 7) is 3.84. The molecular formula is C27H22FN5O. The highest BCUT2D eigenvalue weighted by Crippen LogP contribution is 2.29. The molecule has 0 spiro atoms. The van der Waals surface area contributed by atoms with Crippen molar-refractivity contribution in [2.24, 2.45) is 0 Å². The van der Waals surface area contributed by atoms with Gasteiger partial charge in [0.05, 0.1) is 23.5 Å². The van der Waals surface area contributed by atoms with E-state index in [0.717, 1.165) is 28.5 Å². The van der Waals surface area contributed by atoms with Crippen LogP contribution in [-0.2, 0) is 0 Å². The number of aromatic nitrogens is 4. The fourth-order valence-corrected chi connectivity index (χ4v) is 3.84. The number of nitrogens with zero attached hydrogens (tertiary/aromatic N) is 4. The summed E-state index contributed by atoms with van der Waals surface area (Å²) in [6, 6.07) is 22.1. The first kappa shape index (κ1) is 21.5. The third kappa shape index (κ3) is 4.15. The highest BCUT2D eigenvalue weighted by Gasteiger charge is 2.19. The van der Waals surface area contributed by atoms with Crippen molar-refractivity contribution < 1.29 is 9.18 Å². The first-order chi connectivity index (χ1) is 16.5. The molecule has 168 valence electrons. The molecule has 1 N–H and O–H groups in total. The first-order valence-electron chi connectivity index (χ1n) is 10.9. The van der Waals surface area contributed by atoms with Gasteiger partial charge in [-0.05, 0) is 37.6 Å². The largest absolute Gasteiger partial charge is 0.344 e. The molecule has 3 aromatic heterocycles. The highest BCUT2D eigenvalue weighted by molar-refractivity contribution is 5.97. The van der Waals surface area contributed by atoms with Crippen LogP contribution in [0.15, 0.2) is 85.2 Å². The van der Waals surface area contributed by atoms with Crippen LogP contribution in [0.25, 0.3) is 28.2 Å². The zero-order chi connectivity index (χ0) is 23.7. The Bertz CT molecular complexity index is 1460. The van der Waals surface area contributed by atoms with Gasteiger partial charge in [-0.15, -0.1) is 10.2 Å². The predicted octanol–water partition coefficient (Wildman–Crippen LogP) is 5.40. The standard InChI is InChI=1S/C27H22FN5O/c1-17-8-10-19(11-9-17)23-14-21(27(34)30-18(2)24-13-12-22(28)15-29-24)16-33-25(31-32-26(23)33)20-6-4-3-5-7-20/h3-16,18H,1-2H3,(H,30,34). The number of nitrogens with one attached hydrogen (secondary N) is 1. The topological polar surface area (TPSA) is 72.2 Å². The molecule has 5 aromatic rings. The van der Waals surface area contributed by atoms with Crippen LogP contribution in [-0.4, -0.2) is 25.5 Å². The minimum atomic E-state index is -0.420. The Labute approximate surface area is 196 Å². The van der Waals surface area contributed by atoms with Gasteiger partial charge < -0.3 is 5.32 Å². The molecule has 1 unspecified atom stereocenters. The van der Waals surface area contributed by atoms with E-state index >= 15 is 0 Å². The number of carbonyl (C=O) groups is 1. The molecule has 0 saturated heterocycles. The zero-order valence-corrected chi connectivity index (χ0v) is 18.7. The predicted molar refractivity (Wildman–Crippen MR) is 129 cm³/mol. The van der Waals surface area contributed by atoms with Crippen molar-refractivity contribution in [3.05, 3.63) is 108 Å². The summed E-state index contributed by atoms with van der Waals surface area (Å²) < 4.78 is 15.1. The van der Waals surface area contributed by atoms with Crippen molar-refractivity contribution in [3.63, 3.8) is 0 Å². The normalized spacial score (nSPS) is 12.0. The average Bonchev–Trinajstić information content (AvgIpc) is 3.29. The molecular weight excluding hydrogens is 429 g/mol. The van der Waals surface area contributed by atoms with Crippen molar-refractivity contribution in [2.75, 3.05) is 0 Å². The van der Waals surface area contributed by atoms with E-state index in [9.17, 15) is 9.18 Å². The van der Waals surface area contributed by atoms with Crippen molar-refractivity contribution >= 4 is 11.6 Å². The molecule has 2 aromatic carbocycles. The van der Waals surface area contributed by atoms with Crippen LogP contribution in [0.2, 0.25) is 0 Å². The molecule has 0 aliphatic heterocycles. The van der Waals surface area contributed by atoms with E-state index in [4.69, 9.17) is 0 Å². The maximum absolute atomic E-state index is 13.3. The van der Waals surface area contributed by atoms with E-state index in [2.05, 4.69) is 20.5 Å². The van der Waals surface area contributed by atoms with Gasteiger partial charge in [0.15, 0.2) is 11.5 Å². The summed E-state index contributed by atoms with van der Waals surface area (Å²) >= 11 is 0. The Balaban J connectivity index is 1.60. The number of amides is 1. The number of rotatable bonds is 5. The lowest BCUT2D eigenvalue weighted by molar-refractivity contribution is 0.0938. The van der Waals surface area contributed by atoms with Gasteiger partial charge in [0.1, 0.15) is 5.82 Å². The van der Waals surface area contributed by atoms with Crippen LogP contribution in [0.4, 0.5) is 4.39 Å². The smallest absolute Gasteiger partial charge is 0.253 e. The van der Waals surface area contributed by atoms with Gasteiger partial charge in [0, 0.05) is 17.3 Å². The fraction of sp³-hybridized carbons (Fsp3) is 0.111. The molecule has 1 amide bonds. The Kier molecular flexibility index (Phi) is 5.59. The minimum Gasteiger partial charge on any atom is -0.344 e. The first-order valence-corrected chi connectivity index (χ1v) is 10.9. The highest BCUT2D eigenvalue weighted by atomic mass is 19.1. The van der Waals surface area contributed by atoms with Gasteiger partial charge in [-0.1, -0.05) is 60.2 Å². The molecule has 0 saturated carbocycles. The number of aryl methyl sites for hydroxylation is 1. The Morgan fingerprint density at radius 3 is 2.44 bits per heavy atom. The molecule has 0 bridgehead atoms. The number of carbonyl (C=O) groups excluding carboxylic acids is 1. The summed E-state index contributed by atoms with van der Waals surface area (Å²) in [5, 5.41) is 11.8. The molecule has 1 atom stereocenters. The fourth-order valence-electron chi connectivity index (χ4n) is 3.84. The van der Waals surface area contributed by atoms with Crippen molar-refractivity contribution in [3.8, 4) is 22.5 Å². The van der Waals surface area contributed by atoms with Crippen molar-refractivity contribution in [1.29, 1.82) is 0 Å². The number of pyridine rings is 2. The molecule has 0 aliphatic carbocycles. The van der Waals surface area contributed by atoms with Crippen LogP contribution >= 0.6 is 0 Å².